The molecule has 0 bridgehead atoms. The Morgan fingerprint density at radius 3 is 2.57 bits per heavy atom. The summed E-state index contributed by atoms with van der Waals surface area (Å²) < 4.78 is 45.1. The highest BCUT2D eigenvalue weighted by atomic mass is 32.2. The van der Waals surface area contributed by atoms with Crippen LogP contribution in [0.15, 0.2) is 47.4 Å². The van der Waals surface area contributed by atoms with Gasteiger partial charge >= 0.3 is 0 Å². The Balaban J connectivity index is 1.87. The molecule has 0 saturated carbocycles. The van der Waals surface area contributed by atoms with Crippen LogP contribution < -0.4 is 14.8 Å². The predicted octanol–water partition coefficient (Wildman–Crippen LogP) is 2.35. The molecule has 0 aliphatic carbocycles. The fraction of sp³-hybridized carbons (Fsp3) is 0.133. The number of ether oxygens (including phenoxy) is 1. The normalized spacial score (nSPS) is 17.0. The van der Waals surface area contributed by atoms with E-state index in [0.717, 1.165) is 12.1 Å². The van der Waals surface area contributed by atoms with E-state index in [-0.39, 0.29) is 16.5 Å². The van der Waals surface area contributed by atoms with Crippen LogP contribution in [0.3, 0.4) is 0 Å². The fourth-order valence-corrected chi connectivity index (χ4v) is 3.15. The number of anilines is 2. The Hall–Kier alpha value is -2.61. The van der Waals surface area contributed by atoms with Gasteiger partial charge in [-0.2, -0.15) is 0 Å². The Morgan fingerprint density at radius 1 is 1.17 bits per heavy atom. The topological polar surface area (TPSA) is 84.5 Å². The van der Waals surface area contributed by atoms with Gasteiger partial charge in [-0.15, -0.1) is 0 Å². The molecule has 1 aliphatic heterocycles. The second-order valence-corrected chi connectivity index (χ2v) is 6.70. The molecule has 6 nitrogen and oxygen atoms in total. The van der Waals surface area contributed by atoms with Crippen molar-refractivity contribution >= 4 is 27.3 Å². The third-order valence-electron chi connectivity index (χ3n) is 3.29. The maximum Gasteiger partial charge on any atom is 0.265 e. The molecule has 0 spiro atoms. The number of fused-ring (bicyclic) bond motifs is 1. The van der Waals surface area contributed by atoms with Gasteiger partial charge < -0.3 is 10.1 Å². The Bertz CT molecular complexity index is 866. The van der Waals surface area contributed by atoms with Crippen molar-refractivity contribution in [3.8, 4) is 5.75 Å². The number of carbonyl (C=O) groups excluding carboxylic acids is 1. The quantitative estimate of drug-likeness (QED) is 0.901. The van der Waals surface area contributed by atoms with Gasteiger partial charge in [0, 0.05) is 0 Å². The number of hydrogen-bond donors (Lipinski definition) is 2. The minimum absolute atomic E-state index is 0.0643. The second kappa shape index (κ2) is 5.54. The number of halogens is 1. The van der Waals surface area contributed by atoms with Gasteiger partial charge in [0.25, 0.3) is 15.9 Å². The summed E-state index contributed by atoms with van der Waals surface area (Å²) in [7, 11) is -3.85. The second-order valence-electron chi connectivity index (χ2n) is 5.02. The van der Waals surface area contributed by atoms with Gasteiger partial charge in [-0.1, -0.05) is 0 Å². The molecule has 2 aromatic rings. The lowest BCUT2D eigenvalue weighted by Gasteiger charge is -2.23. The van der Waals surface area contributed by atoms with Crippen molar-refractivity contribution in [2.24, 2.45) is 0 Å². The van der Waals surface area contributed by atoms with Crippen molar-refractivity contribution in [3.63, 3.8) is 0 Å². The minimum atomic E-state index is -3.85. The van der Waals surface area contributed by atoms with E-state index in [4.69, 9.17) is 4.74 Å². The van der Waals surface area contributed by atoms with Crippen LogP contribution in [-0.2, 0) is 14.8 Å². The van der Waals surface area contributed by atoms with E-state index < -0.39 is 21.9 Å². The highest BCUT2D eigenvalue weighted by molar-refractivity contribution is 7.92. The molecule has 8 heteroatoms. The number of benzene rings is 2. The Morgan fingerprint density at radius 2 is 1.87 bits per heavy atom. The van der Waals surface area contributed by atoms with Gasteiger partial charge in [-0.05, 0) is 49.4 Å². The lowest BCUT2D eigenvalue weighted by molar-refractivity contribution is -0.122. The molecular formula is C15H13FN2O4S. The standard InChI is InChI=1S/C15H13FN2O4S/c1-9-15(19)17-13-8-11(4-7-14(13)22-9)18-23(20,21)12-5-2-10(16)3-6-12/h2-9,18H,1H3,(H,17,19)/t9-/m1/s1. The minimum Gasteiger partial charge on any atom is -0.479 e. The molecular weight excluding hydrogens is 323 g/mol. The average molecular weight is 336 g/mol. The highest BCUT2D eigenvalue weighted by Crippen LogP contribution is 2.32. The van der Waals surface area contributed by atoms with Crippen LogP contribution in [0.1, 0.15) is 6.92 Å². The molecule has 0 radical (unpaired) electrons. The third-order valence-corrected chi connectivity index (χ3v) is 4.68. The Labute approximate surface area is 132 Å². The van der Waals surface area contributed by atoms with E-state index in [1.54, 1.807) is 13.0 Å². The number of carbonyl (C=O) groups is 1. The zero-order valence-corrected chi connectivity index (χ0v) is 12.9. The van der Waals surface area contributed by atoms with E-state index in [2.05, 4.69) is 10.0 Å². The SMILES string of the molecule is C[C@H]1Oc2ccc(NS(=O)(=O)c3ccc(F)cc3)cc2NC1=O. The van der Waals surface area contributed by atoms with E-state index in [9.17, 15) is 17.6 Å². The lowest BCUT2D eigenvalue weighted by Crippen LogP contribution is -2.34. The van der Waals surface area contributed by atoms with Gasteiger partial charge in [0.1, 0.15) is 11.6 Å². The van der Waals surface area contributed by atoms with Crippen molar-refractivity contribution < 1.29 is 22.3 Å². The highest BCUT2D eigenvalue weighted by Gasteiger charge is 2.24. The third kappa shape index (κ3) is 3.11. The van der Waals surface area contributed by atoms with Crippen LogP contribution in [-0.4, -0.2) is 20.4 Å². The summed E-state index contributed by atoms with van der Waals surface area (Å²) in [5.41, 5.74) is 0.638. The van der Waals surface area contributed by atoms with Gasteiger partial charge in [-0.3, -0.25) is 9.52 Å². The first-order valence-electron chi connectivity index (χ1n) is 6.75. The van der Waals surface area contributed by atoms with Gasteiger partial charge in [0.05, 0.1) is 16.3 Å². The number of hydrogen-bond acceptors (Lipinski definition) is 4. The molecule has 0 saturated heterocycles. The molecule has 1 heterocycles. The molecule has 0 fully saturated rings. The van der Waals surface area contributed by atoms with Gasteiger partial charge in [-0.25, -0.2) is 12.8 Å². The maximum atomic E-state index is 12.9. The zero-order valence-electron chi connectivity index (χ0n) is 12.0. The molecule has 2 aromatic carbocycles. The van der Waals surface area contributed by atoms with Crippen LogP contribution >= 0.6 is 0 Å². The lowest BCUT2D eigenvalue weighted by atomic mass is 10.2. The molecule has 0 aromatic heterocycles. The monoisotopic (exact) mass is 336 g/mol. The maximum absolute atomic E-state index is 12.9. The molecule has 23 heavy (non-hydrogen) atoms. The van der Waals surface area contributed by atoms with E-state index in [1.165, 1.54) is 24.3 Å². The largest absolute Gasteiger partial charge is 0.479 e. The summed E-state index contributed by atoms with van der Waals surface area (Å²) in [6.07, 6.45) is -0.607. The van der Waals surface area contributed by atoms with Crippen molar-refractivity contribution in [1.82, 2.24) is 0 Å². The first kappa shape index (κ1) is 15.3. The molecule has 0 unspecified atom stereocenters. The molecule has 1 amide bonds. The number of rotatable bonds is 3. The summed E-state index contributed by atoms with van der Waals surface area (Å²) >= 11 is 0. The van der Waals surface area contributed by atoms with Crippen molar-refractivity contribution in [3.05, 3.63) is 48.3 Å². The van der Waals surface area contributed by atoms with Gasteiger partial charge in [0.15, 0.2) is 6.10 Å². The van der Waals surface area contributed by atoms with Crippen LogP contribution in [0.4, 0.5) is 15.8 Å². The smallest absolute Gasteiger partial charge is 0.265 e. The summed E-state index contributed by atoms with van der Waals surface area (Å²) in [5.74, 6) is -0.371. The first-order valence-corrected chi connectivity index (χ1v) is 8.23. The fourth-order valence-electron chi connectivity index (χ4n) is 2.10. The molecule has 2 N–H and O–H groups in total. The molecule has 1 atom stereocenters. The molecule has 120 valence electrons. The predicted molar refractivity (Wildman–Crippen MR) is 82.4 cm³/mol. The van der Waals surface area contributed by atoms with Crippen LogP contribution in [0.2, 0.25) is 0 Å². The van der Waals surface area contributed by atoms with Crippen molar-refractivity contribution in [1.29, 1.82) is 0 Å². The first-order chi connectivity index (χ1) is 10.8. The number of nitrogens with one attached hydrogen (secondary N) is 2. The van der Waals surface area contributed by atoms with E-state index in [1.807, 2.05) is 0 Å². The zero-order chi connectivity index (χ0) is 16.6. The summed E-state index contributed by atoms with van der Waals surface area (Å²) in [5, 5.41) is 2.63. The van der Waals surface area contributed by atoms with Gasteiger partial charge in [0.2, 0.25) is 0 Å². The summed E-state index contributed by atoms with van der Waals surface area (Å²) in [6, 6.07) is 9.01. The average Bonchev–Trinajstić information content (AvgIpc) is 2.49. The number of sulfonamides is 1. The van der Waals surface area contributed by atoms with Crippen LogP contribution in [0.5, 0.6) is 5.75 Å². The van der Waals surface area contributed by atoms with Crippen molar-refractivity contribution in [2.75, 3.05) is 10.0 Å². The summed E-state index contributed by atoms with van der Waals surface area (Å²) in [6.45, 7) is 1.61. The van der Waals surface area contributed by atoms with E-state index in [0.29, 0.717) is 11.4 Å². The van der Waals surface area contributed by atoms with Crippen LogP contribution in [0.25, 0.3) is 0 Å². The van der Waals surface area contributed by atoms with E-state index >= 15 is 0 Å². The molecule has 3 rings (SSSR count). The summed E-state index contributed by atoms with van der Waals surface area (Å²) in [4.78, 5) is 11.5. The van der Waals surface area contributed by atoms with Crippen molar-refractivity contribution in [2.45, 2.75) is 17.9 Å². The van der Waals surface area contributed by atoms with Crippen LogP contribution in [0, 0.1) is 5.82 Å². The Kier molecular flexibility index (Phi) is 3.69. The molecule has 1 aliphatic rings. The number of amides is 1.